The number of carbonyl (C=O) groups is 4. The van der Waals surface area contributed by atoms with E-state index < -0.39 is 63.3 Å². The van der Waals surface area contributed by atoms with Gasteiger partial charge < -0.3 is 33.6 Å². The minimum absolute atomic E-state index is 0.0263. The number of nitrogens with one attached hydrogen (secondary N) is 1. The van der Waals surface area contributed by atoms with Crippen LogP contribution in [-0.2, 0) is 29.0 Å². The fraction of sp³-hybridized carbons (Fsp3) is 0.500. The number of amides is 3. The molecule has 0 fully saturated rings. The third-order valence-corrected chi connectivity index (χ3v) is 14.0. The first-order valence-corrected chi connectivity index (χ1v) is 23.8. The molecule has 0 aromatic heterocycles. The van der Waals surface area contributed by atoms with E-state index in [-0.39, 0.29) is 104 Å². The number of nitrogens with zero attached hydrogens (tertiary/aromatic N) is 4. The molecule has 1 spiro atoms. The van der Waals surface area contributed by atoms with Crippen LogP contribution in [0.4, 0.5) is 37.7 Å². The summed E-state index contributed by atoms with van der Waals surface area (Å²) < 4.78 is 110. The number of unbranched alkanes of at least 4 members (excludes halogenated alkanes) is 3. The van der Waals surface area contributed by atoms with Crippen molar-refractivity contribution in [1.29, 1.82) is 5.26 Å². The van der Waals surface area contributed by atoms with Gasteiger partial charge in [0, 0.05) is 60.5 Å². The molecule has 13 nitrogen and oxygen atoms in total. The Morgan fingerprint density at radius 1 is 0.809 bits per heavy atom. The van der Waals surface area contributed by atoms with Crippen LogP contribution in [0.3, 0.4) is 0 Å². The molecule has 5 rings (SSSR count). The Morgan fingerprint density at radius 3 is 1.78 bits per heavy atom. The highest BCUT2D eigenvalue weighted by Crippen LogP contribution is 2.61. The van der Waals surface area contributed by atoms with E-state index in [0.717, 1.165) is 18.6 Å². The number of hydrogen-bond donors (Lipinski definition) is 1. The molecule has 1 atom stereocenters. The maximum absolute atomic E-state index is 14.0. The van der Waals surface area contributed by atoms with Crippen molar-refractivity contribution in [3.63, 3.8) is 0 Å². The summed E-state index contributed by atoms with van der Waals surface area (Å²) in [6.07, 6.45) is -7.64. The summed E-state index contributed by atoms with van der Waals surface area (Å²) in [7, 11) is -1.39. The van der Waals surface area contributed by atoms with E-state index in [0.29, 0.717) is 35.7 Å². The Bertz CT molecular complexity index is 2370. The second kappa shape index (κ2) is 21.9. The van der Waals surface area contributed by atoms with Gasteiger partial charge in [0.25, 0.3) is 14.4 Å². The van der Waals surface area contributed by atoms with Crippen LogP contribution in [-0.4, -0.2) is 85.6 Å². The SMILES string of the molecule is CCN(C(=O)C(F)(F)F)c1cc2c(cc1C)C1(OC(=O)c3c(Cl)cc(C(=O)NCCCCCCOP(OCCC#N)N(C(C)C)C(C)C)c(Cl)c31)c1cc(C)c(N(CC)C(=O)C(F)(F)F)cc1O2. The number of fused-ring (bicyclic) bond motifs is 6. The number of ether oxygens (including phenoxy) is 2. The van der Waals surface area contributed by atoms with Gasteiger partial charge in [-0.3, -0.25) is 14.4 Å². The number of hydrogen-bond acceptors (Lipinski definition) is 10. The molecule has 0 saturated carbocycles. The van der Waals surface area contributed by atoms with Gasteiger partial charge in [0.2, 0.25) is 0 Å². The van der Waals surface area contributed by atoms with Gasteiger partial charge in [-0.1, -0.05) is 36.0 Å². The average Bonchev–Trinajstić information content (AvgIpc) is 3.57. The van der Waals surface area contributed by atoms with Gasteiger partial charge in [-0.05, 0) is 97.6 Å². The summed E-state index contributed by atoms with van der Waals surface area (Å²) in [5, 5.41) is 11.2. The van der Waals surface area contributed by atoms with Gasteiger partial charge in [0.1, 0.15) is 11.5 Å². The van der Waals surface area contributed by atoms with E-state index in [4.69, 9.17) is 47.0 Å². The van der Waals surface area contributed by atoms with Crippen LogP contribution in [0.2, 0.25) is 10.0 Å². The molecule has 3 aromatic rings. The Hall–Kier alpha value is -4.70. The molecule has 370 valence electrons. The van der Waals surface area contributed by atoms with Crippen LogP contribution < -0.4 is 19.9 Å². The van der Waals surface area contributed by atoms with Crippen molar-refractivity contribution in [1.82, 2.24) is 9.99 Å². The zero-order chi connectivity index (χ0) is 50.6. The first kappa shape index (κ1) is 54.2. The molecule has 1 unspecified atom stereocenters. The Morgan fingerprint density at radius 2 is 1.31 bits per heavy atom. The molecule has 1 N–H and O–H groups in total. The number of benzene rings is 3. The van der Waals surface area contributed by atoms with Crippen molar-refractivity contribution >= 4 is 66.8 Å². The summed E-state index contributed by atoms with van der Waals surface area (Å²) in [5.41, 5.74) is -3.20. The van der Waals surface area contributed by atoms with Crippen LogP contribution in [0.25, 0.3) is 0 Å². The summed E-state index contributed by atoms with van der Waals surface area (Å²) >= 11 is 13.9. The van der Waals surface area contributed by atoms with Gasteiger partial charge in [-0.25, -0.2) is 9.46 Å². The minimum atomic E-state index is -5.28. The molecule has 2 aliphatic rings. The zero-order valence-corrected chi connectivity index (χ0v) is 41.0. The van der Waals surface area contributed by atoms with Crippen LogP contribution in [0.1, 0.15) is 122 Å². The Balaban J connectivity index is 1.50. The highest BCUT2D eigenvalue weighted by Gasteiger charge is 2.57. The molecule has 0 radical (unpaired) electrons. The van der Waals surface area contributed by atoms with Crippen molar-refractivity contribution in [2.45, 2.75) is 118 Å². The van der Waals surface area contributed by atoms with Crippen molar-refractivity contribution < 1.29 is 64.0 Å². The van der Waals surface area contributed by atoms with E-state index in [1.807, 2.05) is 27.7 Å². The summed E-state index contributed by atoms with van der Waals surface area (Å²) in [5.74, 6) is -6.69. The lowest BCUT2D eigenvalue weighted by atomic mass is 9.76. The Labute approximate surface area is 401 Å². The summed E-state index contributed by atoms with van der Waals surface area (Å²) in [6.45, 7) is 13.6. The number of carbonyl (C=O) groups excluding carboxylic acids is 4. The average molecular weight is 1020 g/mol. The van der Waals surface area contributed by atoms with Crippen molar-refractivity contribution in [2.24, 2.45) is 0 Å². The Kier molecular flexibility index (Phi) is 17.5. The molecular formula is C46H52Cl2F6N5O8P. The van der Waals surface area contributed by atoms with Crippen LogP contribution >= 0.6 is 31.7 Å². The number of rotatable bonds is 19. The third kappa shape index (κ3) is 11.0. The highest BCUT2D eigenvalue weighted by atomic mass is 35.5. The van der Waals surface area contributed by atoms with Gasteiger partial charge in [0.15, 0.2) is 5.60 Å². The van der Waals surface area contributed by atoms with Gasteiger partial charge in [-0.2, -0.15) is 31.6 Å². The predicted octanol–water partition coefficient (Wildman–Crippen LogP) is 11.6. The fourth-order valence-corrected chi connectivity index (χ4v) is 10.6. The number of esters is 1. The second-order valence-corrected chi connectivity index (χ2v) is 18.8. The monoisotopic (exact) mass is 1020 g/mol. The van der Waals surface area contributed by atoms with Crippen molar-refractivity contribution in [2.75, 3.05) is 42.6 Å². The quantitative estimate of drug-likeness (QED) is 0.0532. The number of aryl methyl sites for hydroxylation is 2. The van der Waals surface area contributed by atoms with Crippen molar-refractivity contribution in [3.8, 4) is 17.6 Å². The van der Waals surface area contributed by atoms with Crippen LogP contribution in [0.5, 0.6) is 11.5 Å². The molecule has 0 bridgehead atoms. The lowest BCUT2D eigenvalue weighted by Gasteiger charge is -2.39. The van der Waals surface area contributed by atoms with E-state index in [1.54, 1.807) is 0 Å². The fourth-order valence-electron chi connectivity index (χ4n) is 8.35. The first-order valence-electron chi connectivity index (χ1n) is 21.9. The van der Waals surface area contributed by atoms with Crippen LogP contribution in [0.15, 0.2) is 30.3 Å². The van der Waals surface area contributed by atoms with Crippen molar-refractivity contribution in [3.05, 3.63) is 79.3 Å². The second-order valence-electron chi connectivity index (χ2n) is 16.6. The lowest BCUT2D eigenvalue weighted by molar-refractivity contribution is -0.170. The molecule has 2 aliphatic heterocycles. The lowest BCUT2D eigenvalue weighted by Crippen LogP contribution is -2.42. The number of anilines is 2. The largest absolute Gasteiger partial charge is 0.471 e. The molecule has 2 heterocycles. The van der Waals surface area contributed by atoms with Gasteiger partial charge in [-0.15, -0.1) is 0 Å². The number of halogens is 8. The maximum Gasteiger partial charge on any atom is 0.471 e. The molecular weight excluding hydrogens is 966 g/mol. The van der Waals surface area contributed by atoms with E-state index in [2.05, 4.69) is 16.1 Å². The molecule has 0 saturated heterocycles. The third-order valence-electron chi connectivity index (χ3n) is 11.2. The summed E-state index contributed by atoms with van der Waals surface area (Å²) in [4.78, 5) is 54.2. The maximum atomic E-state index is 14.0. The highest BCUT2D eigenvalue weighted by molar-refractivity contribution is 7.44. The summed E-state index contributed by atoms with van der Waals surface area (Å²) in [6, 6.07) is 8.41. The molecule has 0 aliphatic carbocycles. The number of alkyl halides is 6. The van der Waals surface area contributed by atoms with Crippen LogP contribution in [0, 0.1) is 25.2 Å². The normalized spacial score (nSPS) is 14.3. The predicted molar refractivity (Wildman–Crippen MR) is 244 cm³/mol. The van der Waals surface area contributed by atoms with E-state index in [1.165, 1.54) is 45.9 Å². The smallest absolute Gasteiger partial charge is 0.456 e. The molecule has 3 amide bonds. The van der Waals surface area contributed by atoms with E-state index in [9.17, 15) is 45.5 Å². The minimum Gasteiger partial charge on any atom is -0.456 e. The zero-order valence-electron chi connectivity index (χ0n) is 38.6. The molecule has 68 heavy (non-hydrogen) atoms. The number of nitriles is 1. The van der Waals surface area contributed by atoms with Gasteiger partial charge in [0.05, 0.1) is 58.3 Å². The topological polar surface area (TPSA) is 151 Å². The standard InChI is InChI=1S/C46H52Cl2F6N5O8P/c1-9-57(42(62)45(49,50)51)33-23-35-30(20-27(33)7)44(31-21-28(8)34(24-36(31)66-35)58(10-2)43(63)46(52,53)54)38-37(41(61)67-44)32(47)22-29(39(38)48)40(60)56-17-13-11-12-14-18-64-68(65-19-15-16-55)59(25(3)4)26(5)6/h20-26H,9-15,17-19H2,1-8H3,(H,56,60). The molecule has 3 aromatic carbocycles. The molecule has 22 heteroatoms. The van der Waals surface area contributed by atoms with E-state index >= 15 is 0 Å². The van der Waals surface area contributed by atoms with Gasteiger partial charge >= 0.3 is 30.1 Å². The first-order chi connectivity index (χ1) is 31.9.